The summed E-state index contributed by atoms with van der Waals surface area (Å²) in [6.07, 6.45) is 0.985. The number of halogens is 1. The van der Waals surface area contributed by atoms with Gasteiger partial charge in [0, 0.05) is 6.26 Å². The van der Waals surface area contributed by atoms with E-state index in [1.807, 2.05) is 0 Å². The summed E-state index contributed by atoms with van der Waals surface area (Å²) in [5.41, 5.74) is 0.342. The first-order valence-corrected chi connectivity index (χ1v) is 6.24. The SMILES string of the molecule is Cc1cc(C(=O)O)cc(S(C)(=O)=O)c1Cl. The fraction of sp³-hybridized carbons (Fsp3) is 0.222. The molecule has 0 fully saturated rings. The molecule has 82 valence electrons. The third-order valence-corrected chi connectivity index (χ3v) is 3.60. The van der Waals surface area contributed by atoms with Crippen LogP contribution in [0, 0.1) is 6.92 Å². The molecule has 6 heteroatoms. The standard InChI is InChI=1S/C9H9ClO4S/c1-5-3-6(9(11)12)4-7(8(5)10)15(2,13)14/h3-4H,1-2H3,(H,11,12). The van der Waals surface area contributed by atoms with Crippen LogP contribution in [0.5, 0.6) is 0 Å². The van der Waals surface area contributed by atoms with E-state index in [0.29, 0.717) is 5.56 Å². The second-order valence-electron chi connectivity index (χ2n) is 3.18. The summed E-state index contributed by atoms with van der Waals surface area (Å²) < 4.78 is 22.6. The number of carbonyl (C=O) groups is 1. The van der Waals surface area contributed by atoms with E-state index in [1.165, 1.54) is 6.07 Å². The minimum Gasteiger partial charge on any atom is -0.478 e. The second-order valence-corrected chi connectivity index (χ2v) is 5.54. The van der Waals surface area contributed by atoms with Gasteiger partial charge in [0.2, 0.25) is 0 Å². The van der Waals surface area contributed by atoms with Crippen molar-refractivity contribution in [1.29, 1.82) is 0 Å². The average Bonchev–Trinajstić information content (AvgIpc) is 2.06. The van der Waals surface area contributed by atoms with Crippen LogP contribution in [0.1, 0.15) is 15.9 Å². The number of carboxylic acids is 1. The minimum absolute atomic E-state index is 0.0718. The molecule has 0 radical (unpaired) electrons. The van der Waals surface area contributed by atoms with Crippen molar-refractivity contribution in [3.63, 3.8) is 0 Å². The highest BCUT2D eigenvalue weighted by molar-refractivity contribution is 7.90. The van der Waals surface area contributed by atoms with Crippen molar-refractivity contribution in [3.8, 4) is 0 Å². The van der Waals surface area contributed by atoms with Crippen LogP contribution in [-0.4, -0.2) is 25.7 Å². The number of hydrogen-bond donors (Lipinski definition) is 1. The molecule has 1 aromatic rings. The van der Waals surface area contributed by atoms with Crippen molar-refractivity contribution in [2.45, 2.75) is 11.8 Å². The van der Waals surface area contributed by atoms with E-state index < -0.39 is 15.8 Å². The lowest BCUT2D eigenvalue weighted by Crippen LogP contribution is -2.04. The van der Waals surface area contributed by atoms with Crippen molar-refractivity contribution >= 4 is 27.4 Å². The number of aryl methyl sites for hydroxylation is 1. The largest absolute Gasteiger partial charge is 0.478 e. The Balaban J connectivity index is 3.59. The molecule has 4 nitrogen and oxygen atoms in total. The predicted molar refractivity (Wildman–Crippen MR) is 56.3 cm³/mol. The molecule has 0 aromatic heterocycles. The molecule has 0 amide bonds. The Morgan fingerprint density at radius 2 is 1.93 bits per heavy atom. The van der Waals surface area contributed by atoms with Gasteiger partial charge in [-0.15, -0.1) is 0 Å². The highest BCUT2D eigenvalue weighted by Gasteiger charge is 2.17. The van der Waals surface area contributed by atoms with Gasteiger partial charge in [0.15, 0.2) is 9.84 Å². The van der Waals surface area contributed by atoms with Gasteiger partial charge >= 0.3 is 5.97 Å². The molecule has 0 bridgehead atoms. The molecule has 0 unspecified atom stereocenters. The van der Waals surface area contributed by atoms with Gasteiger partial charge in [-0.05, 0) is 24.6 Å². The molecule has 0 spiro atoms. The topological polar surface area (TPSA) is 71.4 Å². The fourth-order valence-electron chi connectivity index (χ4n) is 1.13. The van der Waals surface area contributed by atoms with Crippen molar-refractivity contribution in [2.24, 2.45) is 0 Å². The Morgan fingerprint density at radius 1 is 1.40 bits per heavy atom. The lowest BCUT2D eigenvalue weighted by Gasteiger charge is -2.06. The van der Waals surface area contributed by atoms with Crippen LogP contribution >= 0.6 is 11.6 Å². The first-order valence-electron chi connectivity index (χ1n) is 3.97. The molecular formula is C9H9ClO4S. The van der Waals surface area contributed by atoms with E-state index in [4.69, 9.17) is 16.7 Å². The monoisotopic (exact) mass is 248 g/mol. The summed E-state index contributed by atoms with van der Waals surface area (Å²) in [6, 6.07) is 2.40. The van der Waals surface area contributed by atoms with E-state index in [2.05, 4.69) is 0 Å². The summed E-state index contributed by atoms with van der Waals surface area (Å²) in [5, 5.41) is 8.82. The number of sulfone groups is 1. The maximum Gasteiger partial charge on any atom is 0.335 e. The van der Waals surface area contributed by atoms with E-state index in [9.17, 15) is 13.2 Å². The third-order valence-electron chi connectivity index (χ3n) is 1.87. The van der Waals surface area contributed by atoms with Gasteiger partial charge in [0.1, 0.15) is 0 Å². The summed E-state index contributed by atoms with van der Waals surface area (Å²) in [6.45, 7) is 1.56. The molecule has 0 aliphatic carbocycles. The minimum atomic E-state index is -3.51. The Bertz CT molecular complexity index is 519. The first-order chi connectivity index (χ1) is 6.73. The second kappa shape index (κ2) is 3.83. The summed E-state index contributed by atoms with van der Waals surface area (Å²) in [7, 11) is -3.51. The fourth-order valence-corrected chi connectivity index (χ4v) is 2.49. The van der Waals surface area contributed by atoms with Crippen LogP contribution in [0.4, 0.5) is 0 Å². The molecule has 0 saturated heterocycles. The molecule has 15 heavy (non-hydrogen) atoms. The lowest BCUT2D eigenvalue weighted by atomic mass is 10.1. The van der Waals surface area contributed by atoms with Crippen LogP contribution in [0.15, 0.2) is 17.0 Å². The Hall–Kier alpha value is -1.07. The predicted octanol–water partition coefficient (Wildman–Crippen LogP) is 1.75. The maximum absolute atomic E-state index is 11.3. The molecule has 0 atom stereocenters. The zero-order valence-corrected chi connectivity index (χ0v) is 9.69. The summed E-state index contributed by atoms with van der Waals surface area (Å²) in [5.74, 6) is -1.18. The first kappa shape index (κ1) is 12.0. The van der Waals surface area contributed by atoms with Crippen molar-refractivity contribution in [1.82, 2.24) is 0 Å². The molecule has 0 heterocycles. The maximum atomic E-state index is 11.3. The Labute approximate surface area is 92.4 Å². The van der Waals surface area contributed by atoms with Gasteiger partial charge in [0.05, 0.1) is 15.5 Å². The van der Waals surface area contributed by atoms with Gasteiger partial charge in [-0.25, -0.2) is 13.2 Å². The van der Waals surface area contributed by atoms with Gasteiger partial charge in [-0.2, -0.15) is 0 Å². The molecule has 1 N–H and O–H groups in total. The van der Waals surface area contributed by atoms with Gasteiger partial charge in [-0.1, -0.05) is 11.6 Å². The van der Waals surface area contributed by atoms with E-state index >= 15 is 0 Å². The third kappa shape index (κ3) is 2.49. The lowest BCUT2D eigenvalue weighted by molar-refractivity contribution is 0.0696. The van der Waals surface area contributed by atoms with Crippen LogP contribution in [-0.2, 0) is 9.84 Å². The van der Waals surface area contributed by atoms with Crippen molar-refractivity contribution in [2.75, 3.05) is 6.26 Å². The van der Waals surface area contributed by atoms with E-state index in [-0.39, 0.29) is 15.5 Å². The summed E-state index contributed by atoms with van der Waals surface area (Å²) >= 11 is 5.78. The summed E-state index contributed by atoms with van der Waals surface area (Å²) in [4.78, 5) is 10.6. The molecule has 0 aliphatic heterocycles. The Morgan fingerprint density at radius 3 is 2.33 bits per heavy atom. The molecular weight excluding hydrogens is 240 g/mol. The molecule has 1 rings (SSSR count). The number of benzene rings is 1. The highest BCUT2D eigenvalue weighted by atomic mass is 35.5. The zero-order chi connectivity index (χ0) is 11.8. The zero-order valence-electron chi connectivity index (χ0n) is 8.11. The van der Waals surface area contributed by atoms with Crippen LogP contribution in [0.2, 0.25) is 5.02 Å². The highest BCUT2D eigenvalue weighted by Crippen LogP contribution is 2.26. The van der Waals surface area contributed by atoms with Crippen LogP contribution < -0.4 is 0 Å². The molecule has 0 aliphatic rings. The van der Waals surface area contributed by atoms with Crippen molar-refractivity contribution in [3.05, 3.63) is 28.3 Å². The Kier molecular flexibility index (Phi) is 3.06. The quantitative estimate of drug-likeness (QED) is 0.866. The molecule has 1 aromatic carbocycles. The molecule has 0 saturated carbocycles. The van der Waals surface area contributed by atoms with Crippen molar-refractivity contribution < 1.29 is 18.3 Å². The van der Waals surface area contributed by atoms with Gasteiger partial charge in [0.25, 0.3) is 0 Å². The van der Waals surface area contributed by atoms with E-state index in [1.54, 1.807) is 6.92 Å². The van der Waals surface area contributed by atoms with Gasteiger partial charge < -0.3 is 5.11 Å². The number of rotatable bonds is 2. The smallest absolute Gasteiger partial charge is 0.335 e. The number of aromatic carboxylic acids is 1. The average molecular weight is 249 g/mol. The van der Waals surface area contributed by atoms with E-state index in [0.717, 1.165) is 12.3 Å². The van der Waals surface area contributed by atoms with Crippen LogP contribution in [0.25, 0.3) is 0 Å². The normalized spacial score (nSPS) is 11.4. The van der Waals surface area contributed by atoms with Crippen LogP contribution in [0.3, 0.4) is 0 Å². The number of carboxylic acid groups (broad SMARTS) is 1. The van der Waals surface area contributed by atoms with Gasteiger partial charge in [-0.3, -0.25) is 0 Å². The number of hydrogen-bond acceptors (Lipinski definition) is 3.